The Balaban J connectivity index is 2.02. The van der Waals surface area contributed by atoms with Gasteiger partial charge in [0.05, 0.1) is 24.9 Å². The lowest BCUT2D eigenvalue weighted by Gasteiger charge is -2.41. The molecule has 3 rings (SSSR count). The molecule has 1 amide bonds. The van der Waals surface area contributed by atoms with Gasteiger partial charge in [0.25, 0.3) is 5.91 Å². The van der Waals surface area contributed by atoms with Crippen LogP contribution in [0.25, 0.3) is 0 Å². The van der Waals surface area contributed by atoms with Gasteiger partial charge in [-0.2, -0.15) is 5.10 Å². The van der Waals surface area contributed by atoms with Gasteiger partial charge in [-0.15, -0.1) is 0 Å². The molecule has 0 radical (unpaired) electrons. The average molecular weight is 392 g/mol. The van der Waals surface area contributed by atoms with Crippen molar-refractivity contribution in [3.05, 3.63) is 52.3 Å². The maximum Gasteiger partial charge on any atom is 0.272 e. The molecule has 2 atom stereocenters. The fourth-order valence-corrected chi connectivity index (χ4v) is 3.72. The minimum Gasteiger partial charge on any atom is -0.394 e. The van der Waals surface area contributed by atoms with E-state index < -0.39 is 12.1 Å². The number of benzene rings is 1. The van der Waals surface area contributed by atoms with E-state index in [-0.39, 0.29) is 18.4 Å². The number of amides is 1. The third-order valence-electron chi connectivity index (χ3n) is 4.93. The van der Waals surface area contributed by atoms with Gasteiger partial charge in [0.1, 0.15) is 11.8 Å². The van der Waals surface area contributed by atoms with Gasteiger partial charge in [-0.25, -0.2) is 0 Å². The molecule has 0 spiro atoms. The van der Waals surface area contributed by atoms with Gasteiger partial charge in [-0.1, -0.05) is 43.6 Å². The van der Waals surface area contributed by atoms with Crippen LogP contribution in [-0.2, 0) is 11.3 Å². The summed E-state index contributed by atoms with van der Waals surface area (Å²) >= 11 is 6.41. The highest BCUT2D eigenvalue weighted by Crippen LogP contribution is 2.35. The van der Waals surface area contributed by atoms with Crippen LogP contribution >= 0.6 is 11.6 Å². The molecule has 2 aromatic rings. The van der Waals surface area contributed by atoms with Crippen molar-refractivity contribution >= 4 is 17.5 Å². The number of hydrogen-bond donors (Lipinski definition) is 1. The number of aliphatic hydroxyl groups excluding tert-OH is 1. The van der Waals surface area contributed by atoms with Crippen LogP contribution in [-0.4, -0.2) is 51.6 Å². The van der Waals surface area contributed by atoms with Crippen molar-refractivity contribution in [1.29, 1.82) is 0 Å². The molecule has 0 saturated carbocycles. The van der Waals surface area contributed by atoms with Crippen molar-refractivity contribution in [2.24, 2.45) is 0 Å². The summed E-state index contributed by atoms with van der Waals surface area (Å²) < 4.78 is 7.48. The molecule has 7 heteroatoms. The topological polar surface area (TPSA) is 67.6 Å². The maximum absolute atomic E-state index is 13.5. The average Bonchev–Trinajstić information content (AvgIpc) is 3.12. The molecule has 2 heterocycles. The number of aromatic nitrogens is 2. The zero-order valence-corrected chi connectivity index (χ0v) is 16.7. The summed E-state index contributed by atoms with van der Waals surface area (Å²) in [5, 5.41) is 15.0. The Bertz CT molecular complexity index is 806. The Kier molecular flexibility index (Phi) is 6.19. The number of morpholine rings is 1. The van der Waals surface area contributed by atoms with Crippen LogP contribution in [0.1, 0.15) is 54.5 Å². The molecule has 0 unspecified atom stereocenters. The van der Waals surface area contributed by atoms with Crippen molar-refractivity contribution in [3.63, 3.8) is 0 Å². The van der Waals surface area contributed by atoms with E-state index in [1.807, 2.05) is 31.2 Å². The second-order valence-corrected chi connectivity index (χ2v) is 7.39. The van der Waals surface area contributed by atoms with Gasteiger partial charge in [0, 0.05) is 18.1 Å². The molecule has 1 saturated heterocycles. The summed E-state index contributed by atoms with van der Waals surface area (Å²) in [5.41, 5.74) is 2.22. The van der Waals surface area contributed by atoms with Crippen molar-refractivity contribution in [1.82, 2.24) is 14.7 Å². The van der Waals surface area contributed by atoms with E-state index in [1.165, 1.54) is 0 Å². The first-order valence-electron chi connectivity index (χ1n) is 9.33. The fraction of sp³-hybridized carbons (Fsp3) is 0.500. The number of carbonyl (C=O) groups excluding carboxylic acids is 1. The largest absolute Gasteiger partial charge is 0.394 e. The van der Waals surface area contributed by atoms with Crippen LogP contribution in [0.5, 0.6) is 0 Å². The minimum atomic E-state index is -0.523. The zero-order chi connectivity index (χ0) is 19.6. The van der Waals surface area contributed by atoms with Crippen LogP contribution in [0.2, 0.25) is 5.02 Å². The lowest BCUT2D eigenvalue weighted by molar-refractivity contribution is -0.0813. The number of halogens is 1. The van der Waals surface area contributed by atoms with E-state index >= 15 is 0 Å². The van der Waals surface area contributed by atoms with E-state index in [4.69, 9.17) is 16.3 Å². The molecular weight excluding hydrogens is 366 g/mol. The molecule has 0 aliphatic carbocycles. The molecule has 146 valence electrons. The lowest BCUT2D eigenvalue weighted by Crippen LogP contribution is -2.50. The van der Waals surface area contributed by atoms with Crippen LogP contribution in [0, 0.1) is 0 Å². The van der Waals surface area contributed by atoms with Crippen LogP contribution in [0.3, 0.4) is 0 Å². The summed E-state index contributed by atoms with van der Waals surface area (Å²) in [6.07, 6.45) is -0.523. The maximum atomic E-state index is 13.5. The second kappa shape index (κ2) is 8.42. The predicted octanol–water partition coefficient (Wildman–Crippen LogP) is 3.25. The first kappa shape index (κ1) is 19.9. The highest BCUT2D eigenvalue weighted by atomic mass is 35.5. The van der Waals surface area contributed by atoms with Crippen LogP contribution in [0.4, 0.5) is 0 Å². The molecule has 1 aromatic carbocycles. The highest BCUT2D eigenvalue weighted by Gasteiger charge is 2.38. The fourth-order valence-electron chi connectivity index (χ4n) is 3.48. The summed E-state index contributed by atoms with van der Waals surface area (Å²) in [6.45, 7) is 7.29. The van der Waals surface area contributed by atoms with E-state index in [2.05, 4.69) is 18.9 Å². The quantitative estimate of drug-likeness (QED) is 0.849. The number of carbonyl (C=O) groups is 1. The standard InChI is InChI=1S/C20H26ClN3O3/c1-4-24-17(11-16(22-24)13(2)3)20(26)23-9-10-27-18(12-25)19(23)14-7-5-6-8-15(14)21/h5-8,11,13,18-19,25H,4,9-10,12H2,1-3H3/t18-,19-/m0/s1. The third kappa shape index (κ3) is 3.88. The lowest BCUT2D eigenvalue weighted by atomic mass is 9.97. The van der Waals surface area contributed by atoms with E-state index in [0.29, 0.717) is 30.4 Å². The smallest absolute Gasteiger partial charge is 0.272 e. The molecule has 1 N–H and O–H groups in total. The Morgan fingerprint density at radius 1 is 1.41 bits per heavy atom. The van der Waals surface area contributed by atoms with Crippen molar-refractivity contribution in [3.8, 4) is 0 Å². The van der Waals surface area contributed by atoms with E-state index in [9.17, 15) is 9.90 Å². The minimum absolute atomic E-state index is 0.122. The number of nitrogens with zero attached hydrogens (tertiary/aromatic N) is 3. The highest BCUT2D eigenvalue weighted by molar-refractivity contribution is 6.31. The molecule has 0 bridgehead atoms. The normalized spacial score (nSPS) is 20.3. The molecular formula is C20H26ClN3O3. The number of rotatable bonds is 5. The second-order valence-electron chi connectivity index (χ2n) is 6.98. The van der Waals surface area contributed by atoms with Crippen molar-refractivity contribution in [2.75, 3.05) is 19.8 Å². The number of ether oxygens (including phenoxy) is 1. The zero-order valence-electron chi connectivity index (χ0n) is 15.9. The predicted molar refractivity (Wildman–Crippen MR) is 104 cm³/mol. The Labute approximate surface area is 164 Å². The summed E-state index contributed by atoms with van der Waals surface area (Å²) in [5.74, 6) is 0.113. The van der Waals surface area contributed by atoms with Gasteiger partial charge in [-0.3, -0.25) is 9.48 Å². The monoisotopic (exact) mass is 391 g/mol. The van der Waals surface area contributed by atoms with Gasteiger partial charge < -0.3 is 14.7 Å². The molecule has 6 nitrogen and oxygen atoms in total. The Hall–Kier alpha value is -1.89. The summed E-state index contributed by atoms with van der Waals surface area (Å²) in [6, 6.07) is 8.80. The van der Waals surface area contributed by atoms with Gasteiger partial charge in [0.15, 0.2) is 0 Å². The molecule has 1 aliphatic heterocycles. The molecule has 1 fully saturated rings. The van der Waals surface area contributed by atoms with Crippen molar-refractivity contribution in [2.45, 2.75) is 45.4 Å². The Morgan fingerprint density at radius 3 is 2.78 bits per heavy atom. The third-order valence-corrected chi connectivity index (χ3v) is 5.27. The summed E-state index contributed by atoms with van der Waals surface area (Å²) in [4.78, 5) is 15.2. The first-order valence-corrected chi connectivity index (χ1v) is 9.71. The van der Waals surface area contributed by atoms with Crippen LogP contribution in [0.15, 0.2) is 30.3 Å². The Morgan fingerprint density at radius 2 is 2.15 bits per heavy atom. The van der Waals surface area contributed by atoms with Gasteiger partial charge in [0.2, 0.25) is 0 Å². The number of aryl methyl sites for hydroxylation is 1. The first-order chi connectivity index (χ1) is 13.0. The van der Waals surface area contributed by atoms with E-state index in [0.717, 1.165) is 11.3 Å². The molecule has 1 aliphatic rings. The molecule has 1 aromatic heterocycles. The van der Waals surface area contributed by atoms with Gasteiger partial charge in [-0.05, 0) is 30.5 Å². The number of aliphatic hydroxyl groups is 1. The van der Waals surface area contributed by atoms with Crippen molar-refractivity contribution < 1.29 is 14.6 Å². The number of hydrogen-bond acceptors (Lipinski definition) is 4. The van der Waals surface area contributed by atoms with Crippen LogP contribution < -0.4 is 0 Å². The molecule has 27 heavy (non-hydrogen) atoms. The SMILES string of the molecule is CCn1nc(C(C)C)cc1C(=O)N1CCO[C@@H](CO)[C@@H]1c1ccccc1Cl. The summed E-state index contributed by atoms with van der Waals surface area (Å²) in [7, 11) is 0. The van der Waals surface area contributed by atoms with E-state index in [1.54, 1.807) is 15.6 Å². The van der Waals surface area contributed by atoms with Gasteiger partial charge >= 0.3 is 0 Å².